The second-order valence-electron chi connectivity index (χ2n) is 7.66. The van der Waals surface area contributed by atoms with Gasteiger partial charge < -0.3 is 9.88 Å². The Morgan fingerprint density at radius 3 is 2.50 bits per heavy atom. The van der Waals surface area contributed by atoms with Gasteiger partial charge in [0, 0.05) is 18.5 Å². The van der Waals surface area contributed by atoms with Gasteiger partial charge in [-0.25, -0.2) is 4.98 Å². The van der Waals surface area contributed by atoms with Crippen LogP contribution in [0, 0.1) is 6.92 Å². The van der Waals surface area contributed by atoms with E-state index in [0.717, 1.165) is 34.8 Å². The zero-order chi connectivity index (χ0) is 19.7. The molecule has 1 aromatic heterocycles. The summed E-state index contributed by atoms with van der Waals surface area (Å²) in [5, 5.41) is 0. The number of nitrogens with one attached hydrogen (secondary N) is 1. The first-order valence-electron chi connectivity index (χ1n) is 9.68. The Bertz CT molecular complexity index is 960. The molecule has 0 spiro atoms. The maximum Gasteiger partial charge on any atom is 0.244 e. The van der Waals surface area contributed by atoms with Gasteiger partial charge in [-0.05, 0) is 26.6 Å². The van der Waals surface area contributed by atoms with Crippen molar-refractivity contribution in [2.75, 3.05) is 20.6 Å². The average Bonchev–Trinajstić information content (AvgIpc) is 3.13. The number of benzene rings is 2. The van der Waals surface area contributed by atoms with E-state index in [-0.39, 0.29) is 11.9 Å². The van der Waals surface area contributed by atoms with Crippen molar-refractivity contribution in [1.82, 2.24) is 19.8 Å². The Kier molecular flexibility index (Phi) is 5.01. The first-order valence-corrected chi connectivity index (χ1v) is 9.68. The second-order valence-corrected chi connectivity index (χ2v) is 7.66. The first kappa shape index (κ1) is 18.4. The third-order valence-corrected chi connectivity index (χ3v) is 5.33. The Balaban J connectivity index is 1.56. The highest BCUT2D eigenvalue weighted by molar-refractivity contribution is 5.83. The van der Waals surface area contributed by atoms with Crippen LogP contribution in [0.1, 0.15) is 28.6 Å². The second kappa shape index (κ2) is 7.60. The third-order valence-electron chi connectivity index (χ3n) is 5.33. The summed E-state index contributed by atoms with van der Waals surface area (Å²) in [4.78, 5) is 25.5. The molecule has 1 aliphatic rings. The summed E-state index contributed by atoms with van der Waals surface area (Å²) < 4.78 is 0. The quantitative estimate of drug-likeness (QED) is 0.760. The highest BCUT2D eigenvalue weighted by atomic mass is 16.2. The number of carbonyl (C=O) groups is 1. The van der Waals surface area contributed by atoms with Crippen molar-refractivity contribution in [3.63, 3.8) is 0 Å². The molecule has 0 saturated heterocycles. The molecule has 144 valence electrons. The highest BCUT2D eigenvalue weighted by Crippen LogP contribution is 2.27. The molecule has 1 atom stereocenters. The van der Waals surface area contributed by atoms with Gasteiger partial charge in [0.15, 0.2) is 0 Å². The number of likely N-dealkylation sites (N-methyl/N-ethyl adjacent to an activating group) is 1. The molecule has 2 heterocycles. The van der Waals surface area contributed by atoms with Crippen LogP contribution in [0.15, 0.2) is 54.6 Å². The van der Waals surface area contributed by atoms with Crippen LogP contribution in [0.25, 0.3) is 11.4 Å². The van der Waals surface area contributed by atoms with Crippen molar-refractivity contribution in [2.45, 2.75) is 25.9 Å². The summed E-state index contributed by atoms with van der Waals surface area (Å²) in [5.41, 5.74) is 5.41. The van der Waals surface area contributed by atoms with Crippen molar-refractivity contribution in [3.05, 3.63) is 77.1 Å². The fourth-order valence-corrected chi connectivity index (χ4v) is 3.80. The van der Waals surface area contributed by atoms with Gasteiger partial charge in [0.25, 0.3) is 0 Å². The molecule has 5 heteroatoms. The number of imidazole rings is 1. The SMILES string of the molecule is Cc1ccc([C@@H](C(=O)N2CCc3nc(-c4ccccc4)[nH]c3C2)N(C)C)cc1. The normalized spacial score (nSPS) is 14.8. The monoisotopic (exact) mass is 374 g/mol. The first-order chi connectivity index (χ1) is 13.5. The van der Waals surface area contributed by atoms with Crippen molar-refractivity contribution in [1.29, 1.82) is 0 Å². The summed E-state index contributed by atoms with van der Waals surface area (Å²) in [7, 11) is 3.92. The van der Waals surface area contributed by atoms with Gasteiger partial charge in [-0.1, -0.05) is 60.2 Å². The molecule has 0 radical (unpaired) electrons. The molecule has 1 amide bonds. The number of fused-ring (bicyclic) bond motifs is 1. The van der Waals surface area contributed by atoms with Gasteiger partial charge in [-0.2, -0.15) is 0 Å². The van der Waals surface area contributed by atoms with Crippen LogP contribution >= 0.6 is 0 Å². The Morgan fingerprint density at radius 2 is 1.82 bits per heavy atom. The molecule has 0 fully saturated rings. The third kappa shape index (κ3) is 3.58. The molecule has 5 nitrogen and oxygen atoms in total. The Labute approximate surface area is 166 Å². The van der Waals surface area contributed by atoms with Crippen LogP contribution in [0.4, 0.5) is 0 Å². The number of H-pyrrole nitrogens is 1. The van der Waals surface area contributed by atoms with Crippen LogP contribution in [0.3, 0.4) is 0 Å². The van der Waals surface area contributed by atoms with E-state index in [0.29, 0.717) is 13.1 Å². The lowest BCUT2D eigenvalue weighted by Crippen LogP contribution is -2.43. The van der Waals surface area contributed by atoms with Crippen molar-refractivity contribution >= 4 is 5.91 Å². The largest absolute Gasteiger partial charge is 0.340 e. The molecule has 0 aliphatic carbocycles. The fraction of sp³-hybridized carbons (Fsp3) is 0.304. The number of aromatic amines is 1. The highest BCUT2D eigenvalue weighted by Gasteiger charge is 2.31. The van der Waals surface area contributed by atoms with Gasteiger partial charge in [0.05, 0.1) is 17.9 Å². The molecule has 28 heavy (non-hydrogen) atoms. The minimum Gasteiger partial charge on any atom is -0.340 e. The number of nitrogens with zero attached hydrogens (tertiary/aromatic N) is 3. The van der Waals surface area contributed by atoms with E-state index in [1.54, 1.807) is 0 Å². The van der Waals surface area contributed by atoms with Gasteiger partial charge in [0.2, 0.25) is 5.91 Å². The standard InChI is InChI=1S/C23H26N4O/c1-16-9-11-17(12-10-16)21(26(2)3)23(28)27-14-13-19-20(15-27)25-22(24-19)18-7-5-4-6-8-18/h4-12,21H,13-15H2,1-3H3,(H,24,25)/t21-/m0/s1. The number of aromatic nitrogens is 2. The summed E-state index contributed by atoms with van der Waals surface area (Å²) in [6, 6.07) is 18.1. The summed E-state index contributed by atoms with van der Waals surface area (Å²) in [5.74, 6) is 1.01. The topological polar surface area (TPSA) is 52.2 Å². The smallest absolute Gasteiger partial charge is 0.244 e. The van der Waals surface area contributed by atoms with Crippen molar-refractivity contribution in [3.8, 4) is 11.4 Å². The van der Waals surface area contributed by atoms with Crippen LogP contribution in [0.5, 0.6) is 0 Å². The minimum atomic E-state index is -0.279. The fourth-order valence-electron chi connectivity index (χ4n) is 3.80. The molecule has 4 rings (SSSR count). The number of hydrogen-bond acceptors (Lipinski definition) is 3. The van der Waals surface area contributed by atoms with Gasteiger partial charge in [-0.15, -0.1) is 0 Å². The zero-order valence-electron chi connectivity index (χ0n) is 16.6. The molecule has 0 unspecified atom stereocenters. The number of hydrogen-bond donors (Lipinski definition) is 1. The molecule has 0 saturated carbocycles. The summed E-state index contributed by atoms with van der Waals surface area (Å²) in [6.07, 6.45) is 0.776. The van der Waals surface area contributed by atoms with Crippen LogP contribution in [0.2, 0.25) is 0 Å². The molecule has 0 bridgehead atoms. The lowest BCUT2D eigenvalue weighted by atomic mass is 10.0. The van der Waals surface area contributed by atoms with E-state index in [2.05, 4.69) is 36.2 Å². The Hall–Kier alpha value is -2.92. The predicted molar refractivity (Wildman–Crippen MR) is 111 cm³/mol. The number of amides is 1. The van der Waals surface area contributed by atoms with Crippen molar-refractivity contribution < 1.29 is 4.79 Å². The van der Waals surface area contributed by atoms with E-state index >= 15 is 0 Å². The minimum absolute atomic E-state index is 0.135. The van der Waals surface area contributed by atoms with Gasteiger partial charge in [-0.3, -0.25) is 9.69 Å². The Morgan fingerprint density at radius 1 is 1.11 bits per heavy atom. The summed E-state index contributed by atoms with van der Waals surface area (Å²) in [6.45, 7) is 3.33. The molecule has 1 aliphatic heterocycles. The number of rotatable bonds is 4. The predicted octanol–water partition coefficient (Wildman–Crippen LogP) is 3.57. The van der Waals surface area contributed by atoms with Crippen molar-refractivity contribution in [2.24, 2.45) is 0 Å². The lowest BCUT2D eigenvalue weighted by molar-refractivity contribution is -0.137. The van der Waals surface area contributed by atoms with E-state index in [1.165, 1.54) is 5.56 Å². The molecular weight excluding hydrogens is 348 g/mol. The average molecular weight is 374 g/mol. The van der Waals surface area contributed by atoms with E-state index in [1.807, 2.05) is 54.2 Å². The number of aryl methyl sites for hydroxylation is 1. The van der Waals surface area contributed by atoms with Gasteiger partial charge in [0.1, 0.15) is 11.9 Å². The van der Waals surface area contributed by atoms with E-state index in [4.69, 9.17) is 4.98 Å². The zero-order valence-corrected chi connectivity index (χ0v) is 16.6. The molecule has 3 aromatic rings. The van der Waals surface area contributed by atoms with E-state index in [9.17, 15) is 4.79 Å². The number of carbonyl (C=O) groups excluding carboxylic acids is 1. The van der Waals surface area contributed by atoms with E-state index < -0.39 is 0 Å². The van der Waals surface area contributed by atoms with Crippen LogP contribution in [-0.4, -0.2) is 46.3 Å². The van der Waals surface area contributed by atoms with Crippen LogP contribution in [-0.2, 0) is 17.8 Å². The molecule has 1 N–H and O–H groups in total. The maximum absolute atomic E-state index is 13.4. The molecular formula is C23H26N4O. The molecule has 2 aromatic carbocycles. The van der Waals surface area contributed by atoms with Gasteiger partial charge >= 0.3 is 0 Å². The maximum atomic E-state index is 13.4. The summed E-state index contributed by atoms with van der Waals surface area (Å²) >= 11 is 0. The lowest BCUT2D eigenvalue weighted by Gasteiger charge is -2.33. The van der Waals surface area contributed by atoms with Crippen LogP contribution < -0.4 is 0 Å².